The van der Waals surface area contributed by atoms with Crippen LogP contribution in [0.5, 0.6) is 0 Å². The molecule has 0 radical (unpaired) electrons. The molecule has 3 heteroatoms. The zero-order chi connectivity index (χ0) is 14.2. The topological polar surface area (TPSA) is 26.7 Å². The Balaban J connectivity index is 1.82. The van der Waals surface area contributed by atoms with Crippen LogP contribution in [0.2, 0.25) is 0 Å². The SMILES string of the molecule is CCN(CCO)C[C@@H]1CCCN(Cc2ccccc2)C1. The van der Waals surface area contributed by atoms with Crippen molar-refractivity contribution in [1.29, 1.82) is 0 Å². The summed E-state index contributed by atoms with van der Waals surface area (Å²) in [6.45, 7) is 8.91. The molecule has 2 rings (SSSR count). The molecule has 1 N–H and O–H groups in total. The lowest BCUT2D eigenvalue weighted by Gasteiger charge is -2.35. The third kappa shape index (κ3) is 4.89. The summed E-state index contributed by atoms with van der Waals surface area (Å²) in [6.07, 6.45) is 2.63. The van der Waals surface area contributed by atoms with Crippen LogP contribution in [0, 0.1) is 5.92 Å². The maximum Gasteiger partial charge on any atom is 0.0558 e. The normalized spacial score (nSPS) is 20.4. The summed E-state index contributed by atoms with van der Waals surface area (Å²) in [5.41, 5.74) is 1.41. The summed E-state index contributed by atoms with van der Waals surface area (Å²) in [6, 6.07) is 10.8. The van der Waals surface area contributed by atoms with E-state index < -0.39 is 0 Å². The number of hydrogen-bond donors (Lipinski definition) is 1. The predicted molar refractivity (Wildman–Crippen MR) is 83.6 cm³/mol. The van der Waals surface area contributed by atoms with Crippen molar-refractivity contribution in [3.05, 3.63) is 35.9 Å². The Hall–Kier alpha value is -0.900. The number of rotatable bonds is 7. The van der Waals surface area contributed by atoms with E-state index in [2.05, 4.69) is 47.1 Å². The van der Waals surface area contributed by atoms with Gasteiger partial charge >= 0.3 is 0 Å². The van der Waals surface area contributed by atoms with Crippen molar-refractivity contribution in [3.63, 3.8) is 0 Å². The first kappa shape index (κ1) is 15.5. The fourth-order valence-electron chi connectivity index (χ4n) is 3.17. The molecule has 0 spiro atoms. The molecule has 0 aliphatic carbocycles. The number of piperidine rings is 1. The van der Waals surface area contributed by atoms with Crippen LogP contribution in [-0.2, 0) is 6.54 Å². The van der Waals surface area contributed by atoms with Crippen molar-refractivity contribution in [2.75, 3.05) is 39.3 Å². The molecular weight excluding hydrogens is 248 g/mol. The van der Waals surface area contributed by atoms with Crippen molar-refractivity contribution in [1.82, 2.24) is 9.80 Å². The molecule has 1 aliphatic rings. The van der Waals surface area contributed by atoms with Crippen molar-refractivity contribution in [2.24, 2.45) is 5.92 Å². The first-order chi connectivity index (χ1) is 9.81. The van der Waals surface area contributed by atoms with E-state index in [4.69, 9.17) is 5.11 Å². The maximum atomic E-state index is 9.09. The highest BCUT2D eigenvalue weighted by molar-refractivity contribution is 5.14. The lowest BCUT2D eigenvalue weighted by molar-refractivity contribution is 0.118. The number of benzene rings is 1. The Labute approximate surface area is 123 Å². The third-order valence-corrected chi connectivity index (χ3v) is 4.23. The highest BCUT2D eigenvalue weighted by Gasteiger charge is 2.21. The monoisotopic (exact) mass is 276 g/mol. The average molecular weight is 276 g/mol. The first-order valence-corrected chi connectivity index (χ1v) is 7.91. The van der Waals surface area contributed by atoms with Gasteiger partial charge in [0, 0.05) is 26.2 Å². The van der Waals surface area contributed by atoms with Gasteiger partial charge in [0.05, 0.1) is 6.61 Å². The molecule has 20 heavy (non-hydrogen) atoms. The highest BCUT2D eigenvalue weighted by atomic mass is 16.3. The highest BCUT2D eigenvalue weighted by Crippen LogP contribution is 2.19. The largest absolute Gasteiger partial charge is 0.395 e. The summed E-state index contributed by atoms with van der Waals surface area (Å²) >= 11 is 0. The molecule has 0 bridgehead atoms. The summed E-state index contributed by atoms with van der Waals surface area (Å²) in [7, 11) is 0. The minimum absolute atomic E-state index is 0.272. The van der Waals surface area contributed by atoms with E-state index in [1.807, 2.05) is 0 Å². The van der Waals surface area contributed by atoms with Gasteiger partial charge in [0.15, 0.2) is 0 Å². The summed E-state index contributed by atoms with van der Waals surface area (Å²) < 4.78 is 0. The van der Waals surface area contributed by atoms with E-state index in [1.165, 1.54) is 31.5 Å². The van der Waals surface area contributed by atoms with Crippen LogP contribution >= 0.6 is 0 Å². The smallest absolute Gasteiger partial charge is 0.0558 e. The standard InChI is InChI=1S/C17H28N2O/c1-2-18(11-12-20)14-17-9-6-10-19(15-17)13-16-7-4-3-5-8-16/h3-5,7-8,17,20H,2,6,9-15H2,1H3/t17-/m0/s1. The molecule has 1 aromatic carbocycles. The molecule has 1 saturated heterocycles. The lowest BCUT2D eigenvalue weighted by atomic mass is 9.97. The fourth-order valence-corrected chi connectivity index (χ4v) is 3.17. The fraction of sp³-hybridized carbons (Fsp3) is 0.647. The quantitative estimate of drug-likeness (QED) is 0.827. The Morgan fingerprint density at radius 1 is 1.30 bits per heavy atom. The second-order valence-corrected chi connectivity index (χ2v) is 5.85. The molecule has 0 aromatic heterocycles. The second-order valence-electron chi connectivity index (χ2n) is 5.85. The summed E-state index contributed by atoms with van der Waals surface area (Å²) in [4.78, 5) is 4.95. The molecule has 0 amide bonds. The van der Waals surface area contributed by atoms with Gasteiger partial charge in [-0.15, -0.1) is 0 Å². The van der Waals surface area contributed by atoms with Crippen LogP contribution in [-0.4, -0.2) is 54.2 Å². The number of nitrogens with zero attached hydrogens (tertiary/aromatic N) is 2. The van der Waals surface area contributed by atoms with E-state index in [9.17, 15) is 0 Å². The second kappa shape index (κ2) is 8.40. The van der Waals surface area contributed by atoms with Crippen LogP contribution in [0.15, 0.2) is 30.3 Å². The molecule has 1 aromatic rings. The van der Waals surface area contributed by atoms with Crippen molar-refractivity contribution in [3.8, 4) is 0 Å². The molecule has 3 nitrogen and oxygen atoms in total. The van der Waals surface area contributed by atoms with Crippen LogP contribution in [0.1, 0.15) is 25.3 Å². The van der Waals surface area contributed by atoms with Crippen LogP contribution in [0.25, 0.3) is 0 Å². The van der Waals surface area contributed by atoms with Crippen molar-refractivity contribution < 1.29 is 5.11 Å². The summed E-state index contributed by atoms with van der Waals surface area (Å²) in [5, 5.41) is 9.09. The molecule has 1 aliphatic heterocycles. The lowest BCUT2D eigenvalue weighted by Crippen LogP contribution is -2.41. The molecule has 0 unspecified atom stereocenters. The summed E-state index contributed by atoms with van der Waals surface area (Å²) in [5.74, 6) is 0.749. The average Bonchev–Trinajstić information content (AvgIpc) is 2.48. The molecular formula is C17H28N2O. The van der Waals surface area contributed by atoms with E-state index in [0.717, 1.165) is 32.1 Å². The third-order valence-electron chi connectivity index (χ3n) is 4.23. The zero-order valence-electron chi connectivity index (χ0n) is 12.7. The van der Waals surface area contributed by atoms with Crippen molar-refractivity contribution >= 4 is 0 Å². The van der Waals surface area contributed by atoms with Gasteiger partial charge in [-0.25, -0.2) is 0 Å². The van der Waals surface area contributed by atoms with Gasteiger partial charge in [-0.2, -0.15) is 0 Å². The molecule has 1 heterocycles. The Morgan fingerprint density at radius 3 is 2.80 bits per heavy atom. The molecule has 112 valence electrons. The van der Waals surface area contributed by atoms with E-state index in [-0.39, 0.29) is 6.61 Å². The molecule has 1 fully saturated rings. The zero-order valence-corrected chi connectivity index (χ0v) is 12.7. The van der Waals surface area contributed by atoms with Gasteiger partial charge in [0.25, 0.3) is 0 Å². The van der Waals surface area contributed by atoms with E-state index in [1.54, 1.807) is 0 Å². The Bertz CT molecular complexity index is 369. The number of aliphatic hydroxyl groups is 1. The first-order valence-electron chi connectivity index (χ1n) is 7.91. The Morgan fingerprint density at radius 2 is 2.10 bits per heavy atom. The van der Waals surface area contributed by atoms with E-state index >= 15 is 0 Å². The minimum atomic E-state index is 0.272. The van der Waals surface area contributed by atoms with E-state index in [0.29, 0.717) is 0 Å². The van der Waals surface area contributed by atoms with Gasteiger partial charge in [-0.3, -0.25) is 4.90 Å². The Kier molecular flexibility index (Phi) is 6.51. The van der Waals surface area contributed by atoms with Gasteiger partial charge < -0.3 is 10.0 Å². The van der Waals surface area contributed by atoms with Gasteiger partial charge in [-0.05, 0) is 37.4 Å². The maximum absolute atomic E-state index is 9.09. The minimum Gasteiger partial charge on any atom is -0.395 e. The number of aliphatic hydroxyl groups excluding tert-OH is 1. The van der Waals surface area contributed by atoms with Gasteiger partial charge in [0.2, 0.25) is 0 Å². The number of hydrogen-bond acceptors (Lipinski definition) is 3. The van der Waals surface area contributed by atoms with Crippen LogP contribution in [0.4, 0.5) is 0 Å². The van der Waals surface area contributed by atoms with Crippen molar-refractivity contribution in [2.45, 2.75) is 26.3 Å². The van der Waals surface area contributed by atoms with Gasteiger partial charge in [0.1, 0.15) is 0 Å². The predicted octanol–water partition coefficient (Wildman–Crippen LogP) is 2.21. The molecule has 1 atom stereocenters. The van der Waals surface area contributed by atoms with Crippen LogP contribution < -0.4 is 0 Å². The number of likely N-dealkylation sites (tertiary alicyclic amines) is 1. The molecule has 0 saturated carbocycles. The van der Waals surface area contributed by atoms with Crippen LogP contribution in [0.3, 0.4) is 0 Å². The van der Waals surface area contributed by atoms with Gasteiger partial charge in [-0.1, -0.05) is 37.3 Å². The number of likely N-dealkylation sites (N-methyl/N-ethyl adjacent to an activating group) is 1.